The van der Waals surface area contributed by atoms with Gasteiger partial charge in [-0.25, -0.2) is 14.3 Å². The van der Waals surface area contributed by atoms with E-state index in [2.05, 4.69) is 9.97 Å². The highest BCUT2D eigenvalue weighted by molar-refractivity contribution is 7.12. The van der Waals surface area contributed by atoms with Gasteiger partial charge in [-0.1, -0.05) is 0 Å². The van der Waals surface area contributed by atoms with Gasteiger partial charge < -0.3 is 10.1 Å². The molecule has 0 fully saturated rings. The highest BCUT2D eigenvalue weighted by Crippen LogP contribution is 2.14. The lowest BCUT2D eigenvalue weighted by molar-refractivity contribution is 0.440. The van der Waals surface area contributed by atoms with Gasteiger partial charge in [-0.2, -0.15) is 0 Å². The van der Waals surface area contributed by atoms with E-state index >= 15 is 0 Å². The second-order valence-corrected chi connectivity index (χ2v) is 2.98. The molecular weight excluding hydrogens is 178 g/mol. The van der Waals surface area contributed by atoms with Gasteiger partial charge in [0.1, 0.15) is 0 Å². The number of thiazole rings is 1. The van der Waals surface area contributed by atoms with Crippen molar-refractivity contribution >= 4 is 11.3 Å². The zero-order valence-electron chi connectivity index (χ0n) is 5.89. The maximum Gasteiger partial charge on any atom is 0.334 e. The maximum atomic E-state index is 11.1. The zero-order valence-corrected chi connectivity index (χ0v) is 6.71. The van der Waals surface area contributed by atoms with Crippen molar-refractivity contribution < 1.29 is 5.11 Å². The molecule has 0 saturated carbocycles. The highest BCUT2D eigenvalue weighted by atomic mass is 32.1. The molecule has 0 bridgehead atoms. The third kappa shape index (κ3) is 0.928. The van der Waals surface area contributed by atoms with Crippen LogP contribution in [0.15, 0.2) is 22.6 Å². The molecule has 0 aliphatic rings. The average Bonchev–Trinajstić information content (AvgIpc) is 2.61. The molecule has 2 rings (SSSR count). The summed E-state index contributed by atoms with van der Waals surface area (Å²) in [5.74, 6) is -0.130. The zero-order chi connectivity index (χ0) is 8.55. The normalized spacial score (nSPS) is 10.3. The minimum atomic E-state index is -0.387. The van der Waals surface area contributed by atoms with Gasteiger partial charge in [0.15, 0.2) is 0 Å². The van der Waals surface area contributed by atoms with E-state index in [-0.39, 0.29) is 11.6 Å². The number of rotatable bonds is 1. The third-order valence-electron chi connectivity index (χ3n) is 1.37. The minimum Gasteiger partial charge on any atom is -0.493 e. The van der Waals surface area contributed by atoms with Gasteiger partial charge in [0.25, 0.3) is 0 Å². The van der Waals surface area contributed by atoms with Gasteiger partial charge in [-0.3, -0.25) is 0 Å². The molecule has 0 saturated heterocycles. The summed E-state index contributed by atoms with van der Waals surface area (Å²) in [5.41, 5.74) is -0.387. The summed E-state index contributed by atoms with van der Waals surface area (Å²) in [6, 6.07) is 0. The Hall–Kier alpha value is -1.56. The van der Waals surface area contributed by atoms with Gasteiger partial charge >= 0.3 is 5.69 Å². The Morgan fingerprint density at radius 3 is 3.00 bits per heavy atom. The summed E-state index contributed by atoms with van der Waals surface area (Å²) in [6.45, 7) is 0. The first kappa shape index (κ1) is 7.11. The predicted molar refractivity (Wildman–Crippen MR) is 43.7 cm³/mol. The summed E-state index contributed by atoms with van der Waals surface area (Å²) in [4.78, 5) is 17.3. The van der Waals surface area contributed by atoms with Crippen LogP contribution in [-0.4, -0.2) is 19.6 Å². The van der Waals surface area contributed by atoms with Gasteiger partial charge in [0, 0.05) is 11.6 Å². The monoisotopic (exact) mass is 183 g/mol. The van der Waals surface area contributed by atoms with Crippen molar-refractivity contribution in [3.63, 3.8) is 0 Å². The van der Waals surface area contributed by atoms with Crippen molar-refractivity contribution in [1.82, 2.24) is 14.5 Å². The lowest BCUT2D eigenvalue weighted by Gasteiger charge is -1.93. The van der Waals surface area contributed by atoms with E-state index in [1.807, 2.05) is 0 Å². The minimum absolute atomic E-state index is 0.130. The Morgan fingerprint density at radius 1 is 1.67 bits per heavy atom. The van der Waals surface area contributed by atoms with Crippen molar-refractivity contribution in [3.05, 3.63) is 28.3 Å². The van der Waals surface area contributed by atoms with Crippen molar-refractivity contribution in [1.29, 1.82) is 0 Å². The molecule has 6 heteroatoms. The molecule has 2 aromatic rings. The average molecular weight is 183 g/mol. The lowest BCUT2D eigenvalue weighted by Crippen LogP contribution is -2.13. The number of imidazole rings is 1. The Balaban J connectivity index is 2.68. The number of hydrogen-bond donors (Lipinski definition) is 2. The lowest BCUT2D eigenvalue weighted by atomic mass is 10.8. The van der Waals surface area contributed by atoms with Crippen LogP contribution in [0.2, 0.25) is 0 Å². The molecule has 0 amide bonds. The molecule has 5 nitrogen and oxygen atoms in total. The summed E-state index contributed by atoms with van der Waals surface area (Å²) < 4.78 is 1.10. The quantitative estimate of drug-likeness (QED) is 0.669. The fraction of sp³-hybridized carbons (Fsp3) is 0. The smallest absolute Gasteiger partial charge is 0.334 e. The second-order valence-electron chi connectivity index (χ2n) is 2.10. The first-order valence-corrected chi connectivity index (χ1v) is 4.06. The van der Waals surface area contributed by atoms with E-state index in [4.69, 9.17) is 0 Å². The molecule has 0 spiro atoms. The summed E-state index contributed by atoms with van der Waals surface area (Å²) in [6.07, 6.45) is 2.79. The number of nitrogens with one attached hydrogen (secondary N) is 1. The maximum absolute atomic E-state index is 11.1. The van der Waals surface area contributed by atoms with Crippen molar-refractivity contribution in [2.75, 3.05) is 0 Å². The number of hydrogen-bond acceptors (Lipinski definition) is 4. The van der Waals surface area contributed by atoms with Crippen LogP contribution >= 0.6 is 11.3 Å². The standard InChI is InChI=1S/C6H5N3O2S/c10-4-3-8-5(11)9(4)6-7-1-2-12-6/h1-3,10H,(H,8,11). The fourth-order valence-electron chi connectivity index (χ4n) is 0.871. The van der Waals surface area contributed by atoms with Gasteiger partial charge in [-0.15, -0.1) is 11.3 Å². The van der Waals surface area contributed by atoms with Gasteiger partial charge in [-0.05, 0) is 0 Å². The van der Waals surface area contributed by atoms with E-state index in [9.17, 15) is 9.90 Å². The Morgan fingerprint density at radius 2 is 2.50 bits per heavy atom. The first-order chi connectivity index (χ1) is 5.79. The van der Waals surface area contributed by atoms with Crippen LogP contribution in [0.4, 0.5) is 0 Å². The van der Waals surface area contributed by atoms with E-state index in [0.717, 1.165) is 4.57 Å². The molecular formula is C6H5N3O2S. The highest BCUT2D eigenvalue weighted by Gasteiger charge is 2.07. The number of aromatic amines is 1. The molecule has 2 N–H and O–H groups in total. The fourth-order valence-corrected chi connectivity index (χ4v) is 1.52. The van der Waals surface area contributed by atoms with E-state index in [1.54, 1.807) is 11.6 Å². The molecule has 0 aliphatic carbocycles. The molecule has 2 aromatic heterocycles. The largest absolute Gasteiger partial charge is 0.493 e. The molecule has 12 heavy (non-hydrogen) atoms. The van der Waals surface area contributed by atoms with Crippen LogP contribution < -0.4 is 5.69 Å². The Bertz CT molecular complexity index is 428. The number of aromatic hydroxyl groups is 1. The van der Waals surface area contributed by atoms with Crippen molar-refractivity contribution in [2.24, 2.45) is 0 Å². The molecule has 0 aliphatic heterocycles. The summed E-state index contributed by atoms with van der Waals surface area (Å²) in [7, 11) is 0. The molecule has 2 heterocycles. The third-order valence-corrected chi connectivity index (χ3v) is 2.12. The van der Waals surface area contributed by atoms with Gasteiger partial charge in [0.05, 0.1) is 6.20 Å². The van der Waals surface area contributed by atoms with Crippen LogP contribution in [0.5, 0.6) is 5.88 Å². The van der Waals surface area contributed by atoms with Crippen molar-refractivity contribution in [2.45, 2.75) is 0 Å². The molecule has 0 aromatic carbocycles. The first-order valence-electron chi connectivity index (χ1n) is 3.18. The van der Waals surface area contributed by atoms with E-state index in [0.29, 0.717) is 5.13 Å². The summed E-state index contributed by atoms with van der Waals surface area (Å²) in [5, 5.41) is 11.4. The number of nitrogens with zero attached hydrogens (tertiary/aromatic N) is 2. The van der Waals surface area contributed by atoms with Crippen LogP contribution in [0.3, 0.4) is 0 Å². The topological polar surface area (TPSA) is 70.9 Å². The van der Waals surface area contributed by atoms with Crippen molar-refractivity contribution in [3.8, 4) is 11.0 Å². The van der Waals surface area contributed by atoms with Crippen LogP contribution in [0, 0.1) is 0 Å². The Labute approximate surface area is 70.9 Å². The van der Waals surface area contributed by atoms with Crippen LogP contribution in [0.1, 0.15) is 0 Å². The van der Waals surface area contributed by atoms with Crippen LogP contribution in [-0.2, 0) is 0 Å². The SMILES string of the molecule is O=c1[nH]cc(O)n1-c1nccs1. The van der Waals surface area contributed by atoms with Gasteiger partial charge in [0.2, 0.25) is 11.0 Å². The summed E-state index contributed by atoms with van der Waals surface area (Å²) >= 11 is 1.28. The predicted octanol–water partition coefficient (Wildman–Crippen LogP) is 0.328. The molecule has 0 unspecified atom stereocenters. The van der Waals surface area contributed by atoms with E-state index in [1.165, 1.54) is 17.5 Å². The molecule has 0 radical (unpaired) electrons. The second kappa shape index (κ2) is 2.49. The number of H-pyrrole nitrogens is 1. The molecule has 62 valence electrons. The molecule has 0 atom stereocenters. The Kier molecular flexibility index (Phi) is 1.47. The number of aromatic nitrogens is 3. The van der Waals surface area contributed by atoms with E-state index < -0.39 is 0 Å². The van der Waals surface area contributed by atoms with Crippen LogP contribution in [0.25, 0.3) is 5.13 Å².